The van der Waals surface area contributed by atoms with Crippen molar-refractivity contribution in [2.45, 2.75) is 13.8 Å². The van der Waals surface area contributed by atoms with E-state index in [2.05, 4.69) is 0 Å². The first-order chi connectivity index (χ1) is 6.52. The number of thiophene rings is 1. The Hall–Kier alpha value is -0.625. The molecule has 0 aliphatic heterocycles. The van der Waals surface area contributed by atoms with Gasteiger partial charge in [-0.2, -0.15) is 0 Å². The third kappa shape index (κ3) is 1.24. The molecule has 2 aromatic rings. The predicted octanol–water partition coefficient (Wildman–Crippen LogP) is -0.100. The summed E-state index contributed by atoms with van der Waals surface area (Å²) in [6.45, 7) is 3.95. The summed E-state index contributed by atoms with van der Waals surface area (Å²) in [5.74, 6) is 0. The fourth-order valence-corrected chi connectivity index (χ4v) is 2.68. The van der Waals surface area contributed by atoms with E-state index in [1.54, 1.807) is 11.3 Å². The van der Waals surface area contributed by atoms with Crippen molar-refractivity contribution in [2.75, 3.05) is 0 Å². The van der Waals surface area contributed by atoms with Crippen LogP contribution in [0.1, 0.15) is 10.4 Å². The summed E-state index contributed by atoms with van der Waals surface area (Å²) in [5, 5.41) is 0.913. The van der Waals surface area contributed by atoms with Gasteiger partial charge in [0, 0.05) is 4.70 Å². The van der Waals surface area contributed by atoms with Crippen LogP contribution in [0.4, 0.5) is 0 Å². The molecule has 2 rings (SSSR count). The van der Waals surface area contributed by atoms with Crippen LogP contribution >= 0.6 is 11.3 Å². The second-order valence-corrected chi connectivity index (χ2v) is 4.72. The lowest BCUT2D eigenvalue weighted by molar-refractivity contribution is 1.57. The molecule has 0 bridgehead atoms. The van der Waals surface area contributed by atoms with E-state index >= 15 is 0 Å². The van der Waals surface area contributed by atoms with Gasteiger partial charge in [0.05, 0.1) is 0 Å². The third-order valence-corrected chi connectivity index (χ3v) is 3.56. The average Bonchev–Trinajstić information content (AvgIpc) is 2.39. The minimum absolute atomic E-state index is 0.613. The van der Waals surface area contributed by atoms with Crippen LogP contribution < -0.4 is 16.4 Å². The summed E-state index contributed by atoms with van der Waals surface area (Å²) in [6, 6.07) is 2.04. The van der Waals surface area contributed by atoms with E-state index in [-0.39, 0.29) is 0 Å². The summed E-state index contributed by atoms with van der Waals surface area (Å²) in [7, 11) is 17.7. The van der Waals surface area contributed by atoms with Crippen molar-refractivity contribution < 1.29 is 0 Å². The van der Waals surface area contributed by atoms with Crippen molar-refractivity contribution in [3.05, 3.63) is 16.5 Å². The van der Waals surface area contributed by atoms with Gasteiger partial charge in [-0.15, -0.1) is 16.8 Å². The quantitative estimate of drug-likeness (QED) is 0.511. The molecule has 1 aromatic heterocycles. The Labute approximate surface area is 91.9 Å². The fourth-order valence-electron chi connectivity index (χ4n) is 1.58. The number of aryl methyl sites for hydroxylation is 2. The lowest BCUT2D eigenvalue weighted by Crippen LogP contribution is -2.31. The molecule has 1 heterocycles. The highest BCUT2D eigenvalue weighted by molar-refractivity contribution is 7.20. The molecule has 14 heavy (non-hydrogen) atoms. The molecule has 0 saturated heterocycles. The lowest BCUT2D eigenvalue weighted by Gasteiger charge is -2.08. The van der Waals surface area contributed by atoms with Gasteiger partial charge in [0.15, 0.2) is 0 Å². The SMILES string of the molecule is [B]c1c(C)cc2sc(C)c([B])c2c1[B]. The smallest absolute Gasteiger partial charge is 0.116 e. The van der Waals surface area contributed by atoms with E-state index in [9.17, 15) is 0 Å². The summed E-state index contributed by atoms with van der Waals surface area (Å²) in [5.41, 5.74) is 3.02. The molecule has 0 saturated carbocycles. The van der Waals surface area contributed by atoms with Gasteiger partial charge in [0.1, 0.15) is 23.5 Å². The average molecular weight is 192 g/mol. The summed E-state index contributed by atoms with van der Waals surface area (Å²) >= 11 is 1.66. The van der Waals surface area contributed by atoms with Crippen molar-refractivity contribution in [1.29, 1.82) is 0 Å². The van der Waals surface area contributed by atoms with Crippen LogP contribution in [-0.2, 0) is 0 Å². The molecule has 1 aromatic carbocycles. The molecular formula is C10H7B3S. The lowest BCUT2D eigenvalue weighted by atomic mass is 9.74. The van der Waals surface area contributed by atoms with Crippen LogP contribution in [-0.4, -0.2) is 23.5 Å². The molecule has 62 valence electrons. The first kappa shape index (κ1) is 9.91. The number of fused-ring (bicyclic) bond motifs is 1. The fraction of sp³-hybridized carbons (Fsp3) is 0.200. The van der Waals surface area contributed by atoms with E-state index in [0.717, 1.165) is 26.0 Å². The summed E-state index contributed by atoms with van der Waals surface area (Å²) < 4.78 is 1.12. The molecular weight excluding hydrogens is 185 g/mol. The van der Waals surface area contributed by atoms with Gasteiger partial charge in [0.25, 0.3) is 0 Å². The molecule has 0 nitrogen and oxygen atoms in total. The zero-order valence-electron chi connectivity index (χ0n) is 8.22. The zero-order chi connectivity index (χ0) is 10.5. The Morgan fingerprint density at radius 2 is 1.64 bits per heavy atom. The van der Waals surface area contributed by atoms with Gasteiger partial charge < -0.3 is 0 Å². The Bertz CT molecular complexity index is 514. The second kappa shape index (κ2) is 3.20. The van der Waals surface area contributed by atoms with Gasteiger partial charge in [-0.3, -0.25) is 0 Å². The van der Waals surface area contributed by atoms with E-state index in [0.29, 0.717) is 10.9 Å². The van der Waals surface area contributed by atoms with Crippen molar-refractivity contribution >= 4 is 61.4 Å². The van der Waals surface area contributed by atoms with E-state index in [1.807, 2.05) is 19.9 Å². The summed E-state index contributed by atoms with van der Waals surface area (Å²) in [4.78, 5) is 1.09. The highest BCUT2D eigenvalue weighted by Gasteiger charge is 2.09. The standard InChI is InChI=1S/C10H7B3S/c1-4-3-6-7(10(13)8(4)11)9(12)5(2)14-6/h3H,1-2H3. The van der Waals surface area contributed by atoms with Crippen LogP contribution in [0, 0.1) is 13.8 Å². The first-order valence-electron chi connectivity index (χ1n) is 4.35. The van der Waals surface area contributed by atoms with Crippen LogP contribution in [0.3, 0.4) is 0 Å². The largest absolute Gasteiger partial charge is 0.141 e. The van der Waals surface area contributed by atoms with E-state index < -0.39 is 0 Å². The second-order valence-electron chi connectivity index (χ2n) is 3.47. The Balaban J connectivity index is 2.99. The summed E-state index contributed by atoms with van der Waals surface area (Å²) in [6.07, 6.45) is 0. The minimum Gasteiger partial charge on any atom is -0.141 e. The van der Waals surface area contributed by atoms with Crippen molar-refractivity contribution in [3.63, 3.8) is 0 Å². The molecule has 4 heteroatoms. The number of benzene rings is 1. The van der Waals surface area contributed by atoms with Crippen LogP contribution in [0.2, 0.25) is 0 Å². The van der Waals surface area contributed by atoms with Crippen molar-refractivity contribution in [3.8, 4) is 0 Å². The van der Waals surface area contributed by atoms with Crippen LogP contribution in [0.5, 0.6) is 0 Å². The predicted molar refractivity (Wildman–Crippen MR) is 67.5 cm³/mol. The van der Waals surface area contributed by atoms with Gasteiger partial charge in [0.2, 0.25) is 0 Å². The third-order valence-electron chi connectivity index (χ3n) is 2.49. The molecule has 0 fully saturated rings. The zero-order valence-corrected chi connectivity index (χ0v) is 9.03. The first-order valence-corrected chi connectivity index (χ1v) is 5.17. The number of rotatable bonds is 0. The Morgan fingerprint density at radius 1 is 1.00 bits per heavy atom. The maximum absolute atomic E-state index is 5.93. The van der Waals surface area contributed by atoms with Gasteiger partial charge in [-0.1, -0.05) is 16.5 Å². The molecule has 0 aliphatic carbocycles. The topological polar surface area (TPSA) is 0 Å². The van der Waals surface area contributed by atoms with E-state index in [1.165, 1.54) is 0 Å². The number of hydrogen-bond acceptors (Lipinski definition) is 1. The Kier molecular flexibility index (Phi) is 2.26. The Morgan fingerprint density at radius 3 is 2.29 bits per heavy atom. The molecule has 0 unspecified atom stereocenters. The normalized spacial score (nSPS) is 11.0. The van der Waals surface area contributed by atoms with Crippen LogP contribution in [0.25, 0.3) is 10.1 Å². The van der Waals surface area contributed by atoms with Gasteiger partial charge in [-0.05, 0) is 30.2 Å². The van der Waals surface area contributed by atoms with Gasteiger partial charge >= 0.3 is 0 Å². The monoisotopic (exact) mass is 192 g/mol. The van der Waals surface area contributed by atoms with Crippen molar-refractivity contribution in [1.82, 2.24) is 0 Å². The highest BCUT2D eigenvalue weighted by atomic mass is 32.1. The minimum atomic E-state index is 0.613. The van der Waals surface area contributed by atoms with Crippen molar-refractivity contribution in [2.24, 2.45) is 0 Å². The number of hydrogen-bond donors (Lipinski definition) is 0. The molecule has 6 radical (unpaired) electrons. The van der Waals surface area contributed by atoms with E-state index in [4.69, 9.17) is 23.5 Å². The molecule has 0 aliphatic rings. The molecule has 0 spiro atoms. The molecule has 0 amide bonds. The molecule has 0 N–H and O–H groups in total. The highest BCUT2D eigenvalue weighted by Crippen LogP contribution is 2.20. The maximum Gasteiger partial charge on any atom is 0.116 e. The maximum atomic E-state index is 5.93. The molecule has 0 atom stereocenters. The van der Waals surface area contributed by atoms with Crippen LogP contribution in [0.15, 0.2) is 6.07 Å². The van der Waals surface area contributed by atoms with Gasteiger partial charge in [-0.25, -0.2) is 0 Å².